The number of nitrogen functional groups attached to an aromatic ring is 1. The van der Waals surface area contributed by atoms with Gasteiger partial charge in [-0.1, -0.05) is 17.7 Å². The van der Waals surface area contributed by atoms with Crippen LogP contribution in [0.15, 0.2) is 42.5 Å². The van der Waals surface area contributed by atoms with Gasteiger partial charge in [-0.2, -0.15) is 4.98 Å². The van der Waals surface area contributed by atoms with E-state index in [4.69, 9.17) is 27.1 Å². The Balaban J connectivity index is 1.53. The van der Waals surface area contributed by atoms with Gasteiger partial charge in [-0.3, -0.25) is 0 Å². The van der Waals surface area contributed by atoms with Crippen LogP contribution in [-0.2, 0) is 0 Å². The van der Waals surface area contributed by atoms with Gasteiger partial charge in [0.25, 0.3) is 0 Å². The number of anilines is 3. The maximum Gasteiger partial charge on any atom is 0.229 e. The quantitative estimate of drug-likeness (QED) is 0.542. The summed E-state index contributed by atoms with van der Waals surface area (Å²) in [6, 6.07) is 13.7. The Labute approximate surface area is 181 Å². The van der Waals surface area contributed by atoms with Crippen molar-refractivity contribution < 1.29 is 4.74 Å². The Morgan fingerprint density at radius 2 is 1.80 bits per heavy atom. The van der Waals surface area contributed by atoms with Crippen LogP contribution in [0, 0.1) is 13.8 Å². The van der Waals surface area contributed by atoms with Crippen LogP contribution >= 0.6 is 11.6 Å². The topological polar surface area (TPSA) is 85.1 Å². The van der Waals surface area contributed by atoms with Gasteiger partial charge in [0.1, 0.15) is 17.7 Å². The predicted molar refractivity (Wildman–Crippen MR) is 123 cm³/mol. The molecule has 2 heterocycles. The van der Waals surface area contributed by atoms with Crippen LogP contribution < -0.4 is 21.1 Å². The van der Waals surface area contributed by atoms with Gasteiger partial charge in [0.15, 0.2) is 0 Å². The van der Waals surface area contributed by atoms with Crippen molar-refractivity contribution in [3.05, 3.63) is 58.6 Å². The number of aryl methyl sites for hydroxylation is 1. The largest absolute Gasteiger partial charge is 0.490 e. The molecule has 1 aliphatic rings. The van der Waals surface area contributed by atoms with Crippen molar-refractivity contribution in [2.75, 3.05) is 24.1 Å². The fraction of sp³-hybridized carbons (Fsp3) is 0.304. The van der Waals surface area contributed by atoms with Gasteiger partial charge in [0.05, 0.1) is 5.69 Å². The highest BCUT2D eigenvalue weighted by atomic mass is 35.5. The number of nitrogens with two attached hydrogens (primary N) is 1. The fourth-order valence-electron chi connectivity index (χ4n) is 3.51. The summed E-state index contributed by atoms with van der Waals surface area (Å²) < 4.78 is 6.06. The van der Waals surface area contributed by atoms with Crippen LogP contribution in [0.25, 0.3) is 11.3 Å². The molecule has 1 fully saturated rings. The maximum absolute atomic E-state index is 6.17. The number of hydrogen-bond donors (Lipinski definition) is 3. The molecule has 1 saturated heterocycles. The van der Waals surface area contributed by atoms with E-state index in [2.05, 4.69) is 15.6 Å². The average Bonchev–Trinajstić information content (AvgIpc) is 2.75. The lowest BCUT2D eigenvalue weighted by Gasteiger charge is -2.23. The molecule has 2 aromatic carbocycles. The van der Waals surface area contributed by atoms with Gasteiger partial charge in [-0.25, -0.2) is 4.98 Å². The summed E-state index contributed by atoms with van der Waals surface area (Å²) in [6.45, 7) is 5.90. The molecule has 4 N–H and O–H groups in total. The second-order valence-electron chi connectivity index (χ2n) is 7.59. The van der Waals surface area contributed by atoms with E-state index in [0.717, 1.165) is 64.8 Å². The first-order chi connectivity index (χ1) is 14.5. The number of nitrogens with zero attached hydrogens (tertiary/aromatic N) is 2. The summed E-state index contributed by atoms with van der Waals surface area (Å²) in [5.41, 5.74) is 10.6. The van der Waals surface area contributed by atoms with Gasteiger partial charge in [-0.15, -0.1) is 0 Å². The second kappa shape index (κ2) is 8.90. The fourth-order valence-corrected chi connectivity index (χ4v) is 3.63. The van der Waals surface area contributed by atoms with Crippen LogP contribution in [-0.4, -0.2) is 29.2 Å². The normalized spacial score (nSPS) is 14.5. The average molecular weight is 424 g/mol. The molecule has 0 unspecified atom stereocenters. The minimum Gasteiger partial charge on any atom is -0.490 e. The van der Waals surface area contributed by atoms with E-state index in [1.54, 1.807) is 0 Å². The molecule has 3 aromatic rings. The smallest absolute Gasteiger partial charge is 0.229 e. The Morgan fingerprint density at radius 3 is 2.50 bits per heavy atom. The second-order valence-corrected chi connectivity index (χ2v) is 7.99. The van der Waals surface area contributed by atoms with Crippen LogP contribution in [0.3, 0.4) is 0 Å². The Kier molecular flexibility index (Phi) is 6.06. The number of aromatic nitrogens is 2. The molecule has 0 atom stereocenters. The number of ether oxygens (including phenoxy) is 1. The summed E-state index contributed by atoms with van der Waals surface area (Å²) in [6.07, 6.45) is 2.34. The molecule has 0 amide bonds. The third-order valence-corrected chi connectivity index (χ3v) is 5.74. The van der Waals surface area contributed by atoms with E-state index in [9.17, 15) is 0 Å². The molecule has 7 heteroatoms. The van der Waals surface area contributed by atoms with Gasteiger partial charge in [-0.05, 0) is 81.7 Å². The highest BCUT2D eigenvalue weighted by Gasteiger charge is 2.15. The third kappa shape index (κ3) is 4.66. The van der Waals surface area contributed by atoms with E-state index in [1.807, 2.05) is 56.3 Å². The van der Waals surface area contributed by atoms with Crippen LogP contribution in [0.1, 0.15) is 24.0 Å². The molecule has 0 bridgehead atoms. The molecule has 0 spiro atoms. The van der Waals surface area contributed by atoms with Crippen LogP contribution in [0.2, 0.25) is 5.02 Å². The maximum atomic E-state index is 6.17. The van der Waals surface area contributed by atoms with Crippen molar-refractivity contribution in [3.63, 3.8) is 0 Å². The Morgan fingerprint density at radius 1 is 1.07 bits per heavy atom. The van der Waals surface area contributed by atoms with E-state index in [1.165, 1.54) is 0 Å². The molecule has 30 heavy (non-hydrogen) atoms. The number of halogens is 1. The van der Waals surface area contributed by atoms with Gasteiger partial charge >= 0.3 is 0 Å². The molecule has 0 saturated carbocycles. The van der Waals surface area contributed by atoms with Crippen molar-refractivity contribution in [2.45, 2.75) is 32.8 Å². The van der Waals surface area contributed by atoms with Crippen molar-refractivity contribution in [1.29, 1.82) is 0 Å². The molecule has 0 radical (unpaired) electrons. The van der Waals surface area contributed by atoms with E-state index in [-0.39, 0.29) is 6.10 Å². The zero-order valence-electron chi connectivity index (χ0n) is 17.2. The van der Waals surface area contributed by atoms with Crippen molar-refractivity contribution in [2.24, 2.45) is 0 Å². The molecular formula is C23H26ClN5O. The lowest BCUT2D eigenvalue weighted by molar-refractivity contribution is 0.162. The van der Waals surface area contributed by atoms with E-state index < -0.39 is 0 Å². The summed E-state index contributed by atoms with van der Waals surface area (Å²) in [5.74, 6) is 1.77. The molecular weight excluding hydrogens is 398 g/mol. The molecule has 156 valence electrons. The number of piperidine rings is 1. The predicted octanol–water partition coefficient (Wildman–Crippen LogP) is 4.87. The standard InChI is InChI=1S/C23H26ClN5O/c1-14-13-16(3-8-20(14)24)21-15(2)22(25)29-23(28-21)27-17-4-6-18(7-5-17)30-19-9-11-26-12-10-19/h3-8,13,19,26H,9-12H2,1-2H3,(H3,25,27,28,29). The Hall–Kier alpha value is -2.83. The van der Waals surface area contributed by atoms with Gasteiger partial charge in [0.2, 0.25) is 5.95 Å². The SMILES string of the molecule is Cc1cc(-c2nc(Nc3ccc(OC4CCNCC4)cc3)nc(N)c2C)ccc1Cl. The summed E-state index contributed by atoms with van der Waals surface area (Å²) >= 11 is 6.17. The number of hydrogen-bond acceptors (Lipinski definition) is 6. The summed E-state index contributed by atoms with van der Waals surface area (Å²) in [5, 5.41) is 7.32. The van der Waals surface area contributed by atoms with Crippen LogP contribution in [0.4, 0.5) is 17.5 Å². The first kappa shape index (κ1) is 20.4. The molecule has 1 aromatic heterocycles. The number of nitrogens with one attached hydrogen (secondary N) is 2. The molecule has 0 aliphatic carbocycles. The van der Waals surface area contributed by atoms with Gasteiger partial charge < -0.3 is 21.1 Å². The lowest BCUT2D eigenvalue weighted by Crippen LogP contribution is -2.34. The lowest BCUT2D eigenvalue weighted by atomic mass is 10.1. The minimum absolute atomic E-state index is 0.274. The zero-order valence-corrected chi connectivity index (χ0v) is 18.0. The first-order valence-electron chi connectivity index (χ1n) is 10.1. The number of rotatable bonds is 5. The third-order valence-electron chi connectivity index (χ3n) is 5.31. The number of benzene rings is 2. The summed E-state index contributed by atoms with van der Waals surface area (Å²) in [4.78, 5) is 9.10. The van der Waals surface area contributed by atoms with Crippen molar-refractivity contribution in [3.8, 4) is 17.0 Å². The van der Waals surface area contributed by atoms with E-state index in [0.29, 0.717) is 11.8 Å². The van der Waals surface area contributed by atoms with E-state index >= 15 is 0 Å². The minimum atomic E-state index is 0.274. The molecule has 6 nitrogen and oxygen atoms in total. The first-order valence-corrected chi connectivity index (χ1v) is 10.5. The highest BCUT2D eigenvalue weighted by molar-refractivity contribution is 6.31. The molecule has 4 rings (SSSR count). The summed E-state index contributed by atoms with van der Waals surface area (Å²) in [7, 11) is 0. The van der Waals surface area contributed by atoms with Crippen molar-refractivity contribution >= 4 is 29.1 Å². The monoisotopic (exact) mass is 423 g/mol. The highest BCUT2D eigenvalue weighted by Crippen LogP contribution is 2.29. The Bertz CT molecular complexity index is 1030. The van der Waals surface area contributed by atoms with Crippen LogP contribution in [0.5, 0.6) is 5.75 Å². The molecule has 1 aliphatic heterocycles. The zero-order chi connectivity index (χ0) is 21.1. The van der Waals surface area contributed by atoms with Gasteiger partial charge in [0, 0.05) is 21.8 Å². The van der Waals surface area contributed by atoms with Crippen molar-refractivity contribution in [1.82, 2.24) is 15.3 Å².